The van der Waals surface area contributed by atoms with E-state index in [2.05, 4.69) is 37.1 Å². The molecule has 2 aromatic rings. The van der Waals surface area contributed by atoms with E-state index in [1.807, 2.05) is 12.3 Å². The van der Waals surface area contributed by atoms with Crippen molar-refractivity contribution >= 4 is 0 Å². The predicted octanol–water partition coefficient (Wildman–Crippen LogP) is 4.73. The minimum atomic E-state index is -4.29. The second kappa shape index (κ2) is 7.34. The average Bonchev–Trinajstić information content (AvgIpc) is 2.51. The highest BCUT2D eigenvalue weighted by Crippen LogP contribution is 2.29. The SMILES string of the molecule is CC(C)(C)c1ccc(CNCCc2cccc(C(F)(F)F)c2)nc1. The molecule has 0 unspecified atom stereocenters. The van der Waals surface area contributed by atoms with Gasteiger partial charge in [0.25, 0.3) is 0 Å². The molecule has 24 heavy (non-hydrogen) atoms. The van der Waals surface area contributed by atoms with Crippen LogP contribution in [0.25, 0.3) is 0 Å². The van der Waals surface area contributed by atoms with Crippen molar-refractivity contribution in [2.75, 3.05) is 6.54 Å². The molecule has 1 N–H and O–H groups in total. The number of hydrogen-bond donors (Lipinski definition) is 1. The molecule has 2 rings (SSSR count). The van der Waals surface area contributed by atoms with Crippen molar-refractivity contribution < 1.29 is 13.2 Å². The van der Waals surface area contributed by atoms with Gasteiger partial charge < -0.3 is 5.32 Å². The topological polar surface area (TPSA) is 24.9 Å². The second-order valence-corrected chi connectivity index (χ2v) is 6.91. The van der Waals surface area contributed by atoms with Gasteiger partial charge in [0.15, 0.2) is 0 Å². The first-order valence-electron chi connectivity index (χ1n) is 7.98. The summed E-state index contributed by atoms with van der Waals surface area (Å²) in [7, 11) is 0. The number of rotatable bonds is 5. The van der Waals surface area contributed by atoms with Gasteiger partial charge in [0.05, 0.1) is 11.3 Å². The van der Waals surface area contributed by atoms with Gasteiger partial charge in [-0.3, -0.25) is 4.98 Å². The minimum Gasteiger partial charge on any atom is -0.311 e. The van der Waals surface area contributed by atoms with Crippen LogP contribution in [-0.2, 0) is 24.6 Å². The summed E-state index contributed by atoms with van der Waals surface area (Å²) in [5, 5.41) is 3.22. The fraction of sp³-hybridized carbons (Fsp3) is 0.421. The second-order valence-electron chi connectivity index (χ2n) is 6.91. The maximum absolute atomic E-state index is 12.7. The molecule has 0 atom stereocenters. The van der Waals surface area contributed by atoms with Crippen LogP contribution >= 0.6 is 0 Å². The smallest absolute Gasteiger partial charge is 0.311 e. The predicted molar refractivity (Wildman–Crippen MR) is 89.8 cm³/mol. The van der Waals surface area contributed by atoms with Gasteiger partial charge in [0, 0.05) is 12.7 Å². The molecule has 0 spiro atoms. The highest BCUT2D eigenvalue weighted by Gasteiger charge is 2.30. The zero-order chi connectivity index (χ0) is 17.8. The molecule has 0 bridgehead atoms. The van der Waals surface area contributed by atoms with Crippen molar-refractivity contribution in [3.8, 4) is 0 Å². The Hall–Kier alpha value is -1.88. The van der Waals surface area contributed by atoms with Crippen molar-refractivity contribution in [2.24, 2.45) is 0 Å². The molecule has 1 aromatic heterocycles. The first-order chi connectivity index (χ1) is 11.2. The standard InChI is InChI=1S/C19H23F3N2/c1-18(2,3)16-7-8-17(24-12-16)13-23-10-9-14-5-4-6-15(11-14)19(20,21)22/h4-8,11-12,23H,9-10,13H2,1-3H3. The highest BCUT2D eigenvalue weighted by atomic mass is 19.4. The molecule has 130 valence electrons. The first-order valence-corrected chi connectivity index (χ1v) is 7.98. The summed E-state index contributed by atoms with van der Waals surface area (Å²) in [6.07, 6.45) is -1.87. The van der Waals surface area contributed by atoms with Crippen molar-refractivity contribution in [1.29, 1.82) is 0 Å². The minimum absolute atomic E-state index is 0.0719. The van der Waals surface area contributed by atoms with E-state index in [1.54, 1.807) is 6.07 Å². The molecule has 2 nitrogen and oxygen atoms in total. The normalized spacial score (nSPS) is 12.4. The molecular formula is C19H23F3N2. The average molecular weight is 336 g/mol. The molecule has 0 aliphatic rings. The van der Waals surface area contributed by atoms with E-state index in [0.29, 0.717) is 25.1 Å². The van der Waals surface area contributed by atoms with Crippen molar-refractivity contribution in [2.45, 2.75) is 45.3 Å². The third-order valence-electron chi connectivity index (χ3n) is 3.84. The summed E-state index contributed by atoms with van der Waals surface area (Å²) in [4.78, 5) is 4.42. The lowest BCUT2D eigenvalue weighted by molar-refractivity contribution is -0.137. The van der Waals surface area contributed by atoms with E-state index in [1.165, 1.54) is 17.7 Å². The largest absolute Gasteiger partial charge is 0.416 e. The molecule has 0 aliphatic heterocycles. The summed E-state index contributed by atoms with van der Waals surface area (Å²) in [5.41, 5.74) is 2.25. The van der Waals surface area contributed by atoms with Crippen LogP contribution in [0, 0.1) is 0 Å². The summed E-state index contributed by atoms with van der Waals surface area (Å²) in [6, 6.07) is 9.52. The molecule has 0 aliphatic carbocycles. The van der Waals surface area contributed by atoms with Crippen LogP contribution in [0.2, 0.25) is 0 Å². The third kappa shape index (κ3) is 5.34. The summed E-state index contributed by atoms with van der Waals surface area (Å²) in [6.45, 7) is 7.61. The Labute approximate surface area is 141 Å². The monoisotopic (exact) mass is 336 g/mol. The quantitative estimate of drug-likeness (QED) is 0.799. The van der Waals surface area contributed by atoms with E-state index in [0.717, 1.165) is 11.8 Å². The number of nitrogens with one attached hydrogen (secondary N) is 1. The van der Waals surface area contributed by atoms with E-state index < -0.39 is 11.7 Å². The first kappa shape index (κ1) is 18.5. The van der Waals surface area contributed by atoms with Crippen molar-refractivity contribution in [3.05, 3.63) is 65.0 Å². The number of benzene rings is 1. The Kier molecular flexibility index (Phi) is 5.65. The molecule has 0 amide bonds. The maximum Gasteiger partial charge on any atom is 0.416 e. The Bertz CT molecular complexity index is 656. The lowest BCUT2D eigenvalue weighted by Gasteiger charge is -2.18. The number of nitrogens with zero attached hydrogens (tertiary/aromatic N) is 1. The van der Waals surface area contributed by atoms with Crippen LogP contribution < -0.4 is 5.32 Å². The van der Waals surface area contributed by atoms with Gasteiger partial charge in [-0.25, -0.2) is 0 Å². The van der Waals surface area contributed by atoms with Crippen LogP contribution in [-0.4, -0.2) is 11.5 Å². The van der Waals surface area contributed by atoms with Gasteiger partial charge in [-0.15, -0.1) is 0 Å². The summed E-state index contributed by atoms with van der Waals surface area (Å²) in [5.74, 6) is 0. The Morgan fingerprint density at radius 2 is 1.75 bits per heavy atom. The number of halogens is 3. The lowest BCUT2D eigenvalue weighted by Crippen LogP contribution is -2.18. The van der Waals surface area contributed by atoms with Crippen molar-refractivity contribution in [1.82, 2.24) is 10.3 Å². The van der Waals surface area contributed by atoms with Gasteiger partial charge in [0.2, 0.25) is 0 Å². The molecule has 0 fully saturated rings. The third-order valence-corrected chi connectivity index (χ3v) is 3.84. The number of alkyl halides is 3. The molecular weight excluding hydrogens is 313 g/mol. The maximum atomic E-state index is 12.7. The fourth-order valence-electron chi connectivity index (χ4n) is 2.33. The van der Waals surface area contributed by atoms with Crippen LogP contribution in [0.1, 0.15) is 43.2 Å². The number of aromatic nitrogens is 1. The van der Waals surface area contributed by atoms with Gasteiger partial charge in [-0.05, 0) is 41.6 Å². The van der Waals surface area contributed by atoms with Gasteiger partial charge >= 0.3 is 6.18 Å². The van der Waals surface area contributed by atoms with Crippen LogP contribution in [0.5, 0.6) is 0 Å². The van der Waals surface area contributed by atoms with Crippen LogP contribution in [0.4, 0.5) is 13.2 Å². The van der Waals surface area contributed by atoms with Gasteiger partial charge in [-0.1, -0.05) is 45.0 Å². The number of hydrogen-bond acceptors (Lipinski definition) is 2. The number of pyridine rings is 1. The zero-order valence-electron chi connectivity index (χ0n) is 14.2. The fourth-order valence-corrected chi connectivity index (χ4v) is 2.33. The summed E-state index contributed by atoms with van der Waals surface area (Å²) >= 11 is 0. The van der Waals surface area contributed by atoms with E-state index >= 15 is 0 Å². The Morgan fingerprint density at radius 1 is 1.00 bits per heavy atom. The molecule has 1 heterocycles. The Morgan fingerprint density at radius 3 is 2.33 bits per heavy atom. The Balaban J connectivity index is 1.83. The van der Waals surface area contributed by atoms with Crippen LogP contribution in [0.15, 0.2) is 42.6 Å². The molecule has 0 saturated carbocycles. The zero-order valence-corrected chi connectivity index (χ0v) is 14.2. The van der Waals surface area contributed by atoms with Gasteiger partial charge in [-0.2, -0.15) is 13.2 Å². The van der Waals surface area contributed by atoms with E-state index in [4.69, 9.17) is 0 Å². The van der Waals surface area contributed by atoms with Gasteiger partial charge in [0.1, 0.15) is 0 Å². The van der Waals surface area contributed by atoms with Crippen molar-refractivity contribution in [3.63, 3.8) is 0 Å². The summed E-state index contributed by atoms with van der Waals surface area (Å²) < 4.78 is 38.0. The molecule has 0 saturated heterocycles. The lowest BCUT2D eigenvalue weighted by atomic mass is 9.88. The molecule has 1 aromatic carbocycles. The highest BCUT2D eigenvalue weighted by molar-refractivity contribution is 5.26. The van der Waals surface area contributed by atoms with E-state index in [-0.39, 0.29) is 5.41 Å². The van der Waals surface area contributed by atoms with E-state index in [9.17, 15) is 13.2 Å². The molecule has 0 radical (unpaired) electrons. The van der Waals surface area contributed by atoms with Crippen LogP contribution in [0.3, 0.4) is 0 Å². The molecule has 5 heteroatoms.